The molecule has 0 bridgehead atoms. The first-order chi connectivity index (χ1) is 12.9. The number of ether oxygens (including phenoxy) is 1. The highest BCUT2D eigenvalue weighted by atomic mass is 35.5. The van der Waals surface area contributed by atoms with Crippen LogP contribution in [0.2, 0.25) is 9.36 Å². The first-order valence-electron chi connectivity index (χ1n) is 7.88. The molecule has 2 aromatic heterocycles. The second-order valence-corrected chi connectivity index (χ2v) is 7.62. The number of hydrogen-bond donors (Lipinski definition) is 1. The summed E-state index contributed by atoms with van der Waals surface area (Å²) in [6.07, 6.45) is 7.30. The molecule has 1 aromatic carbocycles. The number of thiophene rings is 1. The van der Waals surface area contributed by atoms with E-state index in [1.54, 1.807) is 23.9 Å². The molecule has 1 unspecified atom stereocenters. The number of para-hydroxylation sites is 1. The van der Waals surface area contributed by atoms with Crippen molar-refractivity contribution in [2.24, 2.45) is 0 Å². The molecule has 1 N–H and O–H groups in total. The quantitative estimate of drug-likeness (QED) is 0.422. The van der Waals surface area contributed by atoms with Gasteiger partial charge in [0.05, 0.1) is 22.2 Å². The third-order valence-corrected chi connectivity index (χ3v) is 5.05. The minimum atomic E-state index is -1.50. The smallest absolute Gasteiger partial charge is 0.291 e. The molecule has 27 heavy (non-hydrogen) atoms. The average molecular weight is 430 g/mol. The summed E-state index contributed by atoms with van der Waals surface area (Å²) in [5.74, 6) is 0.712. The molecule has 10 heteroatoms. The lowest BCUT2D eigenvalue weighted by atomic mass is 10.1. The zero-order valence-electron chi connectivity index (χ0n) is 14.1. The van der Waals surface area contributed by atoms with E-state index >= 15 is 0 Å². The van der Waals surface area contributed by atoms with E-state index in [9.17, 15) is 0 Å². The highest BCUT2D eigenvalue weighted by molar-refractivity contribution is 7.16. The predicted molar refractivity (Wildman–Crippen MR) is 105 cm³/mol. The average Bonchev–Trinajstić information content (AvgIpc) is 3.26. The van der Waals surface area contributed by atoms with Crippen molar-refractivity contribution < 1.29 is 15.0 Å². The second kappa shape index (κ2) is 10.8. The molecule has 0 aliphatic carbocycles. The van der Waals surface area contributed by atoms with E-state index in [0.29, 0.717) is 10.8 Å². The lowest BCUT2D eigenvalue weighted by Gasteiger charge is -2.20. The summed E-state index contributed by atoms with van der Waals surface area (Å²) in [6, 6.07) is 11.6. The molecule has 144 valence electrons. The molecule has 3 aromatic rings. The number of aryl methyl sites for hydroxylation is 1. The Morgan fingerprint density at radius 3 is 2.63 bits per heavy atom. The van der Waals surface area contributed by atoms with Crippen LogP contribution in [0.5, 0.6) is 5.75 Å². The molecular formula is C17H17Cl2N3O4S. The van der Waals surface area contributed by atoms with Gasteiger partial charge in [0.2, 0.25) is 0 Å². The van der Waals surface area contributed by atoms with Crippen LogP contribution in [-0.4, -0.2) is 25.9 Å². The minimum Gasteiger partial charge on any atom is -0.487 e. The number of benzene rings is 1. The van der Waals surface area contributed by atoms with Gasteiger partial charge in [-0.3, -0.25) is 0 Å². The lowest BCUT2D eigenvalue weighted by Crippen LogP contribution is -2.23. The van der Waals surface area contributed by atoms with E-state index in [-0.39, 0.29) is 6.10 Å². The molecule has 1 atom stereocenters. The van der Waals surface area contributed by atoms with Crippen LogP contribution in [0, 0.1) is 10.1 Å². The Bertz CT molecular complexity index is 838. The van der Waals surface area contributed by atoms with Crippen LogP contribution >= 0.6 is 34.5 Å². The van der Waals surface area contributed by atoms with Crippen LogP contribution in [0.15, 0.2) is 55.1 Å². The van der Waals surface area contributed by atoms with Crippen molar-refractivity contribution in [3.05, 3.63) is 79.5 Å². The molecule has 0 spiro atoms. The molecule has 7 nitrogen and oxygen atoms in total. The largest absolute Gasteiger partial charge is 0.487 e. The Morgan fingerprint density at radius 2 is 2.04 bits per heavy atom. The standard InChI is InChI=1S/C17H16Cl2N2OS.HNO3/c18-15-3-1-2-4-16(15)22-13(11-21-10-9-20-12-21)5-6-14-7-8-17(19)23-14;2-1(3)4/h1-4,7-10,12-13H,5-6,11H2;(H,2,3,4). The number of rotatable bonds is 7. The van der Waals surface area contributed by atoms with Crippen LogP contribution < -0.4 is 4.74 Å². The Morgan fingerprint density at radius 1 is 1.30 bits per heavy atom. The lowest BCUT2D eigenvalue weighted by molar-refractivity contribution is -0.742. The van der Waals surface area contributed by atoms with Crippen LogP contribution in [0.3, 0.4) is 0 Å². The number of imidazole rings is 1. The van der Waals surface area contributed by atoms with Gasteiger partial charge in [0.1, 0.15) is 11.9 Å². The first kappa shape index (κ1) is 21.0. The van der Waals surface area contributed by atoms with Gasteiger partial charge in [0.25, 0.3) is 5.09 Å². The van der Waals surface area contributed by atoms with Crippen molar-refractivity contribution in [2.45, 2.75) is 25.5 Å². The highest BCUT2D eigenvalue weighted by Gasteiger charge is 2.14. The third kappa shape index (κ3) is 7.86. The van der Waals surface area contributed by atoms with Gasteiger partial charge >= 0.3 is 0 Å². The van der Waals surface area contributed by atoms with E-state index in [4.69, 9.17) is 43.3 Å². The molecule has 0 aliphatic heterocycles. The number of halogens is 2. The Labute approximate surface area is 169 Å². The van der Waals surface area contributed by atoms with Gasteiger partial charge in [-0.2, -0.15) is 0 Å². The van der Waals surface area contributed by atoms with Crippen molar-refractivity contribution in [1.29, 1.82) is 0 Å². The van der Waals surface area contributed by atoms with Crippen LogP contribution in [0.4, 0.5) is 0 Å². The second-order valence-electron chi connectivity index (χ2n) is 5.41. The maximum absolute atomic E-state index is 8.36. The summed E-state index contributed by atoms with van der Waals surface area (Å²) in [6.45, 7) is 0.727. The summed E-state index contributed by atoms with van der Waals surface area (Å²) in [5.41, 5.74) is 0. The fourth-order valence-electron chi connectivity index (χ4n) is 2.33. The van der Waals surface area contributed by atoms with Crippen molar-refractivity contribution in [3.63, 3.8) is 0 Å². The van der Waals surface area contributed by atoms with Gasteiger partial charge in [-0.05, 0) is 37.1 Å². The normalized spacial score (nSPS) is 11.3. The number of nitrogens with zero attached hydrogens (tertiary/aromatic N) is 3. The van der Waals surface area contributed by atoms with Gasteiger partial charge in [-0.25, -0.2) is 4.98 Å². The molecule has 0 saturated carbocycles. The summed E-state index contributed by atoms with van der Waals surface area (Å²) < 4.78 is 8.97. The summed E-state index contributed by atoms with van der Waals surface area (Å²) in [7, 11) is 0. The maximum Gasteiger partial charge on any atom is 0.291 e. The zero-order chi connectivity index (χ0) is 19.6. The van der Waals surface area contributed by atoms with Gasteiger partial charge in [0.15, 0.2) is 0 Å². The SMILES string of the molecule is Clc1ccc(CCC(Cn2ccnc2)Oc2ccccc2Cl)s1.O=[N+]([O-])O. The molecule has 0 fully saturated rings. The third-order valence-electron chi connectivity index (χ3n) is 3.45. The van der Waals surface area contributed by atoms with Crippen molar-refractivity contribution in [1.82, 2.24) is 9.55 Å². The van der Waals surface area contributed by atoms with Crippen molar-refractivity contribution >= 4 is 34.5 Å². The molecular weight excluding hydrogens is 413 g/mol. The molecule has 0 radical (unpaired) electrons. The molecule has 2 heterocycles. The monoisotopic (exact) mass is 429 g/mol. The van der Waals surface area contributed by atoms with E-state index in [1.165, 1.54) is 4.88 Å². The first-order valence-corrected chi connectivity index (χ1v) is 9.45. The zero-order valence-corrected chi connectivity index (χ0v) is 16.4. The van der Waals surface area contributed by atoms with Crippen molar-refractivity contribution in [3.8, 4) is 5.75 Å². The van der Waals surface area contributed by atoms with Crippen LogP contribution in [0.1, 0.15) is 11.3 Å². The van der Waals surface area contributed by atoms with Gasteiger partial charge in [-0.15, -0.1) is 21.5 Å². The minimum absolute atomic E-state index is 0.00461. The Balaban J connectivity index is 0.000000596. The summed E-state index contributed by atoms with van der Waals surface area (Å²) in [4.78, 5) is 13.7. The van der Waals surface area contributed by atoms with Crippen LogP contribution in [0.25, 0.3) is 0 Å². The van der Waals surface area contributed by atoms with Crippen molar-refractivity contribution in [2.75, 3.05) is 0 Å². The molecule has 0 saturated heterocycles. The van der Waals surface area contributed by atoms with Gasteiger partial charge in [-0.1, -0.05) is 35.3 Å². The fraction of sp³-hybridized carbons (Fsp3) is 0.235. The molecule has 3 rings (SSSR count). The molecule has 0 amide bonds. The Kier molecular flexibility index (Phi) is 8.38. The van der Waals surface area contributed by atoms with E-state index in [1.807, 2.05) is 41.1 Å². The maximum atomic E-state index is 8.36. The fourth-order valence-corrected chi connectivity index (χ4v) is 3.61. The van der Waals surface area contributed by atoms with Crippen LogP contribution in [-0.2, 0) is 13.0 Å². The topological polar surface area (TPSA) is 90.4 Å². The Hall–Kier alpha value is -2.29. The number of aromatic nitrogens is 2. The van der Waals surface area contributed by atoms with Gasteiger partial charge < -0.3 is 14.5 Å². The van der Waals surface area contributed by atoms with E-state index in [0.717, 1.165) is 23.7 Å². The van der Waals surface area contributed by atoms with E-state index < -0.39 is 5.09 Å². The van der Waals surface area contributed by atoms with E-state index in [2.05, 4.69) is 11.1 Å². The summed E-state index contributed by atoms with van der Waals surface area (Å²) in [5, 5.41) is 14.3. The summed E-state index contributed by atoms with van der Waals surface area (Å²) >= 11 is 13.8. The predicted octanol–water partition coefficient (Wildman–Crippen LogP) is 4.98. The number of hydrogen-bond acceptors (Lipinski definition) is 5. The highest BCUT2D eigenvalue weighted by Crippen LogP contribution is 2.27. The molecule has 0 aliphatic rings. The van der Waals surface area contributed by atoms with Gasteiger partial charge in [0, 0.05) is 17.3 Å².